The highest BCUT2D eigenvalue weighted by Gasteiger charge is 2.23. The molecule has 1 fully saturated rings. The lowest BCUT2D eigenvalue weighted by molar-refractivity contribution is 0.0124. The van der Waals surface area contributed by atoms with Crippen LogP contribution in [0.1, 0.15) is 31.4 Å². The molecule has 2 unspecified atom stereocenters. The van der Waals surface area contributed by atoms with Crippen LogP contribution in [-0.4, -0.2) is 49.5 Å². The maximum absolute atomic E-state index is 10.5. The molecule has 112 valence electrons. The van der Waals surface area contributed by atoms with Gasteiger partial charge in [-0.15, -0.1) is 0 Å². The topological polar surface area (TPSA) is 41.9 Å². The van der Waals surface area contributed by atoms with Crippen molar-refractivity contribution in [2.24, 2.45) is 0 Å². The molecule has 1 aromatic rings. The average Bonchev–Trinajstić information content (AvgIpc) is 2.48. The standard InChI is InChI=1S/C16H25NO3/c1-3-20-16-9-5-4-8-14(16)15(18)12-17-10-6-7-13(11-17)19-2/h4-5,8-9,13,15,18H,3,6-7,10-12H2,1-2H3. The highest BCUT2D eigenvalue weighted by molar-refractivity contribution is 5.35. The molecule has 0 radical (unpaired) electrons. The summed E-state index contributed by atoms with van der Waals surface area (Å²) in [6.45, 7) is 5.11. The van der Waals surface area contributed by atoms with Crippen LogP contribution >= 0.6 is 0 Å². The molecule has 0 spiro atoms. The van der Waals surface area contributed by atoms with Gasteiger partial charge in [-0.25, -0.2) is 0 Å². The molecule has 2 atom stereocenters. The Labute approximate surface area is 121 Å². The van der Waals surface area contributed by atoms with Crippen molar-refractivity contribution in [3.63, 3.8) is 0 Å². The van der Waals surface area contributed by atoms with Crippen LogP contribution in [0, 0.1) is 0 Å². The number of hydrogen-bond acceptors (Lipinski definition) is 4. The molecule has 0 aliphatic carbocycles. The predicted molar refractivity (Wildman–Crippen MR) is 79.0 cm³/mol. The number of benzene rings is 1. The third kappa shape index (κ3) is 3.95. The molecule has 1 N–H and O–H groups in total. The van der Waals surface area contributed by atoms with Crippen molar-refractivity contribution in [3.05, 3.63) is 29.8 Å². The summed E-state index contributed by atoms with van der Waals surface area (Å²) in [6.07, 6.45) is 2.00. The first-order valence-electron chi connectivity index (χ1n) is 7.39. The van der Waals surface area contributed by atoms with Crippen molar-refractivity contribution in [1.82, 2.24) is 4.90 Å². The van der Waals surface area contributed by atoms with Crippen molar-refractivity contribution in [2.45, 2.75) is 32.0 Å². The summed E-state index contributed by atoms with van der Waals surface area (Å²) in [5.74, 6) is 0.780. The highest BCUT2D eigenvalue weighted by Crippen LogP contribution is 2.26. The Morgan fingerprint density at radius 3 is 2.95 bits per heavy atom. The second-order valence-electron chi connectivity index (χ2n) is 5.25. The molecule has 1 aliphatic rings. The largest absolute Gasteiger partial charge is 0.493 e. The number of piperidine rings is 1. The van der Waals surface area contributed by atoms with Crippen molar-refractivity contribution in [1.29, 1.82) is 0 Å². The third-order valence-corrected chi connectivity index (χ3v) is 3.80. The molecule has 2 rings (SSSR count). The number of rotatable bonds is 6. The van der Waals surface area contributed by atoms with Gasteiger partial charge in [0.15, 0.2) is 0 Å². The Kier molecular flexibility index (Phi) is 5.83. The van der Waals surface area contributed by atoms with Crippen LogP contribution in [-0.2, 0) is 4.74 Å². The normalized spacial score (nSPS) is 21.6. The smallest absolute Gasteiger partial charge is 0.125 e. The van der Waals surface area contributed by atoms with Crippen LogP contribution in [0.5, 0.6) is 5.75 Å². The van der Waals surface area contributed by atoms with E-state index in [1.54, 1.807) is 7.11 Å². The first-order valence-corrected chi connectivity index (χ1v) is 7.39. The minimum atomic E-state index is -0.520. The molecular formula is C16H25NO3. The predicted octanol–water partition coefficient (Wildman–Crippen LogP) is 2.23. The number of para-hydroxylation sites is 1. The fraction of sp³-hybridized carbons (Fsp3) is 0.625. The summed E-state index contributed by atoms with van der Waals surface area (Å²) >= 11 is 0. The highest BCUT2D eigenvalue weighted by atomic mass is 16.5. The van der Waals surface area contributed by atoms with E-state index >= 15 is 0 Å². The van der Waals surface area contributed by atoms with Gasteiger partial charge in [0.05, 0.1) is 18.8 Å². The van der Waals surface area contributed by atoms with Crippen molar-refractivity contribution >= 4 is 0 Å². The van der Waals surface area contributed by atoms with Crippen LogP contribution in [0.3, 0.4) is 0 Å². The lowest BCUT2D eigenvalue weighted by Gasteiger charge is -2.33. The second kappa shape index (κ2) is 7.62. The van der Waals surface area contributed by atoms with E-state index in [-0.39, 0.29) is 6.10 Å². The van der Waals surface area contributed by atoms with Gasteiger partial charge >= 0.3 is 0 Å². The van der Waals surface area contributed by atoms with Crippen LogP contribution in [0.2, 0.25) is 0 Å². The number of methoxy groups -OCH3 is 1. The van der Waals surface area contributed by atoms with E-state index in [2.05, 4.69) is 4.90 Å². The Morgan fingerprint density at radius 2 is 2.20 bits per heavy atom. The number of likely N-dealkylation sites (tertiary alicyclic amines) is 1. The summed E-state index contributed by atoms with van der Waals surface area (Å²) < 4.78 is 11.0. The Hall–Kier alpha value is -1.10. The molecule has 0 bridgehead atoms. The van der Waals surface area contributed by atoms with Gasteiger partial charge in [-0.1, -0.05) is 18.2 Å². The molecule has 4 nitrogen and oxygen atoms in total. The van der Waals surface area contributed by atoms with E-state index in [1.807, 2.05) is 31.2 Å². The van der Waals surface area contributed by atoms with Gasteiger partial charge in [0.2, 0.25) is 0 Å². The quantitative estimate of drug-likeness (QED) is 0.867. The zero-order valence-corrected chi connectivity index (χ0v) is 12.4. The Morgan fingerprint density at radius 1 is 1.40 bits per heavy atom. The molecule has 0 aromatic heterocycles. The van der Waals surface area contributed by atoms with Gasteiger partial charge in [0.1, 0.15) is 5.75 Å². The first kappa shape index (κ1) is 15.3. The van der Waals surface area contributed by atoms with Gasteiger partial charge in [-0.05, 0) is 32.4 Å². The van der Waals surface area contributed by atoms with E-state index in [0.29, 0.717) is 13.2 Å². The van der Waals surface area contributed by atoms with Crippen LogP contribution in [0.4, 0.5) is 0 Å². The Balaban J connectivity index is 1.99. The fourth-order valence-corrected chi connectivity index (χ4v) is 2.76. The minimum Gasteiger partial charge on any atom is -0.493 e. The molecule has 20 heavy (non-hydrogen) atoms. The second-order valence-corrected chi connectivity index (χ2v) is 5.25. The monoisotopic (exact) mass is 279 g/mol. The zero-order valence-electron chi connectivity index (χ0n) is 12.4. The maximum Gasteiger partial charge on any atom is 0.125 e. The summed E-state index contributed by atoms with van der Waals surface area (Å²) in [4.78, 5) is 2.27. The molecule has 4 heteroatoms. The minimum absolute atomic E-state index is 0.290. The Bertz CT molecular complexity index is 410. The molecular weight excluding hydrogens is 254 g/mol. The van der Waals surface area contributed by atoms with E-state index in [1.165, 1.54) is 0 Å². The fourth-order valence-electron chi connectivity index (χ4n) is 2.76. The number of hydrogen-bond donors (Lipinski definition) is 1. The van der Waals surface area contributed by atoms with Gasteiger partial charge in [0.25, 0.3) is 0 Å². The van der Waals surface area contributed by atoms with Gasteiger partial charge < -0.3 is 14.6 Å². The van der Waals surface area contributed by atoms with Crippen LogP contribution in [0.15, 0.2) is 24.3 Å². The zero-order chi connectivity index (χ0) is 14.4. The number of aliphatic hydroxyl groups excluding tert-OH is 1. The average molecular weight is 279 g/mol. The lowest BCUT2D eigenvalue weighted by atomic mass is 10.0. The van der Waals surface area contributed by atoms with Crippen molar-refractivity contribution < 1.29 is 14.6 Å². The molecule has 1 aromatic carbocycles. The van der Waals surface area contributed by atoms with E-state index in [9.17, 15) is 5.11 Å². The summed E-state index contributed by atoms with van der Waals surface area (Å²) in [7, 11) is 1.76. The summed E-state index contributed by atoms with van der Waals surface area (Å²) in [5.41, 5.74) is 0.869. The molecule has 0 saturated carbocycles. The van der Waals surface area contributed by atoms with Crippen LogP contribution in [0.25, 0.3) is 0 Å². The lowest BCUT2D eigenvalue weighted by Crippen LogP contribution is -2.41. The first-order chi connectivity index (χ1) is 9.74. The molecule has 1 aliphatic heterocycles. The van der Waals surface area contributed by atoms with Crippen molar-refractivity contribution in [2.75, 3.05) is 33.4 Å². The van der Waals surface area contributed by atoms with Crippen molar-refractivity contribution in [3.8, 4) is 5.75 Å². The number of ether oxygens (including phenoxy) is 2. The molecule has 1 saturated heterocycles. The summed E-state index contributed by atoms with van der Waals surface area (Å²) in [6, 6.07) is 7.72. The van der Waals surface area contributed by atoms with Crippen LogP contribution < -0.4 is 4.74 Å². The van der Waals surface area contributed by atoms with Gasteiger partial charge in [-0.2, -0.15) is 0 Å². The molecule has 0 amide bonds. The van der Waals surface area contributed by atoms with Gasteiger partial charge in [-0.3, -0.25) is 4.90 Å². The maximum atomic E-state index is 10.5. The number of β-amino-alcohol motifs (C(OH)–C–C–N with tert-alkyl or cyclic N) is 1. The van der Waals surface area contributed by atoms with E-state index in [0.717, 1.165) is 37.2 Å². The van der Waals surface area contributed by atoms with E-state index in [4.69, 9.17) is 9.47 Å². The van der Waals surface area contributed by atoms with Gasteiger partial charge in [0, 0.05) is 25.8 Å². The summed E-state index contributed by atoms with van der Waals surface area (Å²) in [5, 5.41) is 10.5. The third-order valence-electron chi connectivity index (χ3n) is 3.80. The van der Waals surface area contributed by atoms with E-state index < -0.39 is 6.10 Å². The number of nitrogens with zero attached hydrogens (tertiary/aromatic N) is 1. The number of aliphatic hydroxyl groups is 1. The SMILES string of the molecule is CCOc1ccccc1C(O)CN1CCCC(OC)C1. The molecule has 1 heterocycles.